The zero-order valence-corrected chi connectivity index (χ0v) is 8.30. The minimum atomic E-state index is -5.03. The van der Waals surface area contributed by atoms with Crippen LogP contribution in [0.2, 0.25) is 0 Å². The van der Waals surface area contributed by atoms with Crippen LogP contribution in [0.15, 0.2) is 0 Å². The summed E-state index contributed by atoms with van der Waals surface area (Å²) in [5.74, 6) is -3.47. The lowest BCUT2D eigenvalue weighted by atomic mass is 10.0. The number of piperidine rings is 1. The van der Waals surface area contributed by atoms with Crippen LogP contribution >= 0.6 is 0 Å². The number of nitrogens with zero attached hydrogens (tertiary/aromatic N) is 1. The van der Waals surface area contributed by atoms with Gasteiger partial charge in [0, 0.05) is 13.5 Å². The third kappa shape index (κ3) is 2.50. The molecule has 0 unspecified atom stereocenters. The molecule has 1 fully saturated rings. The number of rotatable bonds is 1. The van der Waals surface area contributed by atoms with Gasteiger partial charge in [0.05, 0.1) is 0 Å². The van der Waals surface area contributed by atoms with E-state index < -0.39 is 29.9 Å². The minimum Gasteiger partial charge on any atom is -0.336 e. The Morgan fingerprint density at radius 3 is 2.50 bits per heavy atom. The average molecular weight is 238 g/mol. The van der Waals surface area contributed by atoms with Gasteiger partial charge in [-0.05, 0) is 6.42 Å². The van der Waals surface area contributed by atoms with Crippen LogP contribution in [-0.2, 0) is 14.4 Å². The number of likely N-dealkylation sites (tertiary alicyclic amines) is 1. The maximum absolute atomic E-state index is 11.9. The van der Waals surface area contributed by atoms with Crippen molar-refractivity contribution in [3.63, 3.8) is 0 Å². The minimum absolute atomic E-state index is 0.0644. The monoisotopic (exact) mass is 238 g/mol. The van der Waals surface area contributed by atoms with Gasteiger partial charge in [0.1, 0.15) is 6.04 Å². The van der Waals surface area contributed by atoms with E-state index in [0.29, 0.717) is 4.90 Å². The first-order valence-electron chi connectivity index (χ1n) is 4.41. The highest BCUT2D eigenvalue weighted by molar-refractivity contribution is 6.01. The third-order valence-corrected chi connectivity index (χ3v) is 2.21. The van der Waals surface area contributed by atoms with E-state index in [2.05, 4.69) is 0 Å². The Morgan fingerprint density at radius 2 is 2.00 bits per heavy atom. The molecule has 1 aliphatic heterocycles. The van der Waals surface area contributed by atoms with E-state index in [1.54, 1.807) is 5.32 Å². The Labute approximate surface area is 88.6 Å². The van der Waals surface area contributed by atoms with Crippen LogP contribution in [0.5, 0.6) is 0 Å². The number of carbonyl (C=O) groups is 3. The Balaban J connectivity index is 2.66. The van der Waals surface area contributed by atoms with Gasteiger partial charge in [0.15, 0.2) is 0 Å². The van der Waals surface area contributed by atoms with Crippen LogP contribution in [0.4, 0.5) is 13.2 Å². The molecule has 0 aliphatic carbocycles. The fraction of sp³-hybridized carbons (Fsp3) is 0.625. The first-order chi connectivity index (χ1) is 7.23. The molecule has 3 amide bonds. The maximum atomic E-state index is 11.9. The number of likely N-dealkylation sites (N-methyl/N-ethyl adjacent to an activating group) is 1. The number of hydrogen-bond acceptors (Lipinski definition) is 3. The van der Waals surface area contributed by atoms with Crippen LogP contribution in [0.3, 0.4) is 0 Å². The van der Waals surface area contributed by atoms with Gasteiger partial charge in [0.2, 0.25) is 5.91 Å². The van der Waals surface area contributed by atoms with Crippen LogP contribution in [0.25, 0.3) is 0 Å². The number of alkyl halides is 3. The molecule has 5 nitrogen and oxygen atoms in total. The van der Waals surface area contributed by atoms with Crippen LogP contribution < -0.4 is 5.32 Å². The van der Waals surface area contributed by atoms with Crippen molar-refractivity contribution >= 4 is 17.7 Å². The van der Waals surface area contributed by atoms with E-state index >= 15 is 0 Å². The van der Waals surface area contributed by atoms with Gasteiger partial charge >= 0.3 is 12.1 Å². The zero-order chi connectivity index (χ0) is 12.5. The Kier molecular flexibility index (Phi) is 3.20. The fourth-order valence-electron chi connectivity index (χ4n) is 1.29. The first kappa shape index (κ1) is 12.5. The Bertz CT molecular complexity index is 340. The lowest BCUT2D eigenvalue weighted by Crippen LogP contribution is -2.55. The first-order valence-corrected chi connectivity index (χ1v) is 4.41. The van der Waals surface area contributed by atoms with Crippen LogP contribution in [0, 0.1) is 0 Å². The van der Waals surface area contributed by atoms with Crippen molar-refractivity contribution in [2.45, 2.75) is 25.1 Å². The van der Waals surface area contributed by atoms with E-state index in [4.69, 9.17) is 0 Å². The van der Waals surface area contributed by atoms with Crippen molar-refractivity contribution in [1.82, 2.24) is 10.2 Å². The van der Waals surface area contributed by atoms with Gasteiger partial charge in [-0.2, -0.15) is 13.2 Å². The second kappa shape index (κ2) is 4.11. The van der Waals surface area contributed by atoms with E-state index in [0.717, 1.165) is 7.05 Å². The highest BCUT2D eigenvalue weighted by atomic mass is 19.4. The number of halogens is 3. The molecule has 0 aromatic heterocycles. The summed E-state index contributed by atoms with van der Waals surface area (Å²) < 4.78 is 35.7. The molecule has 1 aliphatic rings. The van der Waals surface area contributed by atoms with Gasteiger partial charge in [-0.3, -0.25) is 19.3 Å². The predicted molar refractivity (Wildman–Crippen MR) is 45.0 cm³/mol. The zero-order valence-electron chi connectivity index (χ0n) is 8.30. The lowest BCUT2D eigenvalue weighted by Gasteiger charge is -2.28. The number of nitrogens with one attached hydrogen (secondary N) is 1. The summed E-state index contributed by atoms with van der Waals surface area (Å²) in [6.45, 7) is 0. The summed E-state index contributed by atoms with van der Waals surface area (Å²) >= 11 is 0. The topological polar surface area (TPSA) is 66.5 Å². The normalized spacial score (nSPS) is 22.2. The van der Waals surface area contributed by atoms with Gasteiger partial charge < -0.3 is 5.32 Å². The molecule has 0 saturated carbocycles. The third-order valence-electron chi connectivity index (χ3n) is 2.21. The second-order valence-corrected chi connectivity index (χ2v) is 3.35. The molecule has 0 spiro atoms. The van der Waals surface area contributed by atoms with Crippen molar-refractivity contribution < 1.29 is 27.6 Å². The number of carbonyl (C=O) groups excluding carboxylic acids is 3. The molecule has 90 valence electrons. The van der Waals surface area contributed by atoms with Gasteiger partial charge in [-0.25, -0.2) is 0 Å². The smallest absolute Gasteiger partial charge is 0.336 e. The molecule has 1 rings (SSSR count). The Hall–Kier alpha value is -1.60. The molecule has 0 bridgehead atoms. The van der Waals surface area contributed by atoms with E-state index in [9.17, 15) is 27.6 Å². The van der Waals surface area contributed by atoms with E-state index in [1.807, 2.05) is 0 Å². The molecule has 0 aromatic carbocycles. The van der Waals surface area contributed by atoms with Crippen molar-refractivity contribution in [3.8, 4) is 0 Å². The van der Waals surface area contributed by atoms with Crippen LogP contribution in [0.1, 0.15) is 12.8 Å². The summed E-state index contributed by atoms with van der Waals surface area (Å²) in [7, 11) is 1.16. The number of amides is 3. The SMILES string of the molecule is CN1C(=O)CC[C@H](NC(=O)C(F)(F)F)C1=O. The summed E-state index contributed by atoms with van der Waals surface area (Å²) in [6, 6.07) is -1.28. The molecule has 1 atom stereocenters. The molecule has 0 radical (unpaired) electrons. The van der Waals surface area contributed by atoms with E-state index in [-0.39, 0.29) is 12.8 Å². The van der Waals surface area contributed by atoms with Crippen LogP contribution in [-0.4, -0.2) is 41.9 Å². The molecule has 1 N–H and O–H groups in total. The van der Waals surface area contributed by atoms with Crippen molar-refractivity contribution in [2.24, 2.45) is 0 Å². The standard InChI is InChI=1S/C8H9F3N2O3/c1-13-5(14)3-2-4(6(13)15)12-7(16)8(9,10)11/h4H,2-3H2,1H3,(H,12,16)/t4-/m0/s1. The second-order valence-electron chi connectivity index (χ2n) is 3.35. The number of hydrogen-bond donors (Lipinski definition) is 1. The van der Waals surface area contributed by atoms with Crippen molar-refractivity contribution in [1.29, 1.82) is 0 Å². The number of imide groups is 1. The maximum Gasteiger partial charge on any atom is 0.471 e. The average Bonchev–Trinajstić information content (AvgIpc) is 2.17. The molecule has 0 aromatic rings. The molecule has 1 saturated heterocycles. The molecule has 16 heavy (non-hydrogen) atoms. The summed E-state index contributed by atoms with van der Waals surface area (Å²) in [5, 5.41) is 1.55. The molecular weight excluding hydrogens is 229 g/mol. The summed E-state index contributed by atoms with van der Waals surface area (Å²) in [4.78, 5) is 33.6. The largest absolute Gasteiger partial charge is 0.471 e. The molecule has 8 heteroatoms. The van der Waals surface area contributed by atoms with Crippen molar-refractivity contribution in [3.05, 3.63) is 0 Å². The molecule has 1 heterocycles. The Morgan fingerprint density at radius 1 is 1.44 bits per heavy atom. The highest BCUT2D eigenvalue weighted by Crippen LogP contribution is 2.17. The van der Waals surface area contributed by atoms with Crippen molar-refractivity contribution in [2.75, 3.05) is 7.05 Å². The lowest BCUT2D eigenvalue weighted by molar-refractivity contribution is -0.175. The summed E-state index contributed by atoms with van der Waals surface area (Å²) in [6.07, 6.45) is -5.20. The highest BCUT2D eigenvalue weighted by Gasteiger charge is 2.42. The van der Waals surface area contributed by atoms with Gasteiger partial charge in [-0.1, -0.05) is 0 Å². The molecular formula is C8H9F3N2O3. The van der Waals surface area contributed by atoms with Gasteiger partial charge in [-0.15, -0.1) is 0 Å². The van der Waals surface area contributed by atoms with Gasteiger partial charge in [0.25, 0.3) is 5.91 Å². The van der Waals surface area contributed by atoms with E-state index in [1.165, 1.54) is 0 Å². The fourth-order valence-corrected chi connectivity index (χ4v) is 1.29. The summed E-state index contributed by atoms with van der Waals surface area (Å²) in [5.41, 5.74) is 0. The predicted octanol–water partition coefficient (Wildman–Crippen LogP) is -0.188. The quantitative estimate of drug-likeness (QED) is 0.644.